The molecule has 13 heteroatoms. The van der Waals surface area contributed by atoms with E-state index in [0.717, 1.165) is 4.31 Å². The number of nitrogens with two attached hydrogens (primary N) is 1. The zero-order valence-corrected chi connectivity index (χ0v) is 19.8. The lowest BCUT2D eigenvalue weighted by atomic mass is 9.97. The second kappa shape index (κ2) is 9.95. The molecule has 11 nitrogen and oxygen atoms in total. The lowest BCUT2D eigenvalue weighted by Gasteiger charge is -2.29. The number of ether oxygens (including phenoxy) is 2. The number of piperidine rings is 1. The van der Waals surface area contributed by atoms with E-state index in [1.807, 2.05) is 0 Å². The zero-order valence-electron chi connectivity index (χ0n) is 18.1. The average Bonchev–Trinajstić information content (AvgIpc) is 2.79. The molecule has 1 fully saturated rings. The number of carbonyl (C=O) groups excluding carboxylic acids is 1. The summed E-state index contributed by atoms with van der Waals surface area (Å²) in [5.41, 5.74) is 0.596. The van der Waals surface area contributed by atoms with E-state index in [1.54, 1.807) is 24.3 Å². The fourth-order valence-electron chi connectivity index (χ4n) is 3.45. The number of hydrogen-bond acceptors (Lipinski definition) is 7. The highest BCUT2D eigenvalue weighted by molar-refractivity contribution is 7.92. The maximum absolute atomic E-state index is 13.0. The van der Waals surface area contributed by atoms with Gasteiger partial charge in [-0.3, -0.25) is 9.52 Å². The predicted octanol–water partition coefficient (Wildman–Crippen LogP) is 1.36. The summed E-state index contributed by atoms with van der Waals surface area (Å²) in [4.78, 5) is 12.5. The fourth-order valence-corrected chi connectivity index (χ4v) is 5.42. The van der Waals surface area contributed by atoms with Crippen molar-refractivity contribution in [2.45, 2.75) is 17.7 Å². The van der Waals surface area contributed by atoms with Gasteiger partial charge in [-0.1, -0.05) is 0 Å². The molecule has 0 atom stereocenters. The normalized spacial score (nSPS) is 15.6. The second-order valence-electron chi connectivity index (χ2n) is 7.41. The van der Waals surface area contributed by atoms with Crippen molar-refractivity contribution >= 4 is 37.5 Å². The molecule has 1 aliphatic rings. The second-order valence-corrected chi connectivity index (χ2v) is 10.6. The number of carbonyl (C=O) groups is 1. The van der Waals surface area contributed by atoms with Gasteiger partial charge in [0, 0.05) is 30.4 Å². The van der Waals surface area contributed by atoms with Gasteiger partial charge in [0.2, 0.25) is 5.91 Å². The maximum atomic E-state index is 13.0. The smallest absolute Gasteiger partial charge is 0.276 e. The van der Waals surface area contributed by atoms with Crippen LogP contribution in [0.25, 0.3) is 0 Å². The van der Waals surface area contributed by atoms with E-state index in [1.165, 1.54) is 32.4 Å². The molecule has 0 spiro atoms. The molecule has 2 aromatic rings. The van der Waals surface area contributed by atoms with Crippen LogP contribution < -0.4 is 24.7 Å². The standard InChI is InChI=1S/C20H26N4O7S2/c1-30-17-6-3-15(4-7-17)23-32(26,27)19-13-16(5-8-18(19)31-2)22-20(25)14-9-11-24(12-10-14)33(21,28)29/h3-8,13-14,23H,9-12H2,1-2H3,(H,22,25)(H2,21,28,29). The van der Waals surface area contributed by atoms with Gasteiger partial charge >= 0.3 is 0 Å². The Labute approximate surface area is 193 Å². The van der Waals surface area contributed by atoms with Crippen LogP contribution in [0, 0.1) is 5.92 Å². The Kier molecular flexibility index (Phi) is 7.47. The van der Waals surface area contributed by atoms with Crippen LogP contribution in [0.4, 0.5) is 11.4 Å². The van der Waals surface area contributed by atoms with Crippen molar-refractivity contribution in [1.29, 1.82) is 0 Å². The summed E-state index contributed by atoms with van der Waals surface area (Å²) < 4.78 is 62.7. The number of amides is 1. The van der Waals surface area contributed by atoms with Gasteiger partial charge < -0.3 is 14.8 Å². The van der Waals surface area contributed by atoms with Crippen LogP contribution in [-0.4, -0.2) is 54.4 Å². The fraction of sp³-hybridized carbons (Fsp3) is 0.350. The van der Waals surface area contributed by atoms with Crippen LogP contribution in [0.5, 0.6) is 11.5 Å². The largest absolute Gasteiger partial charge is 0.497 e. The van der Waals surface area contributed by atoms with Crippen LogP contribution in [0.2, 0.25) is 0 Å². The number of hydrogen-bond donors (Lipinski definition) is 3. The van der Waals surface area contributed by atoms with Crippen molar-refractivity contribution in [1.82, 2.24) is 4.31 Å². The highest BCUT2D eigenvalue weighted by Gasteiger charge is 2.29. The molecular weight excluding hydrogens is 472 g/mol. The number of nitrogens with one attached hydrogen (secondary N) is 2. The Bertz CT molecular complexity index is 1210. The quantitative estimate of drug-likeness (QED) is 0.496. The van der Waals surface area contributed by atoms with E-state index in [0.29, 0.717) is 24.3 Å². The molecule has 0 aliphatic carbocycles. The van der Waals surface area contributed by atoms with E-state index in [-0.39, 0.29) is 35.3 Å². The van der Waals surface area contributed by atoms with Gasteiger partial charge in [0.25, 0.3) is 20.2 Å². The first kappa shape index (κ1) is 24.8. The van der Waals surface area contributed by atoms with Crippen LogP contribution in [0.15, 0.2) is 47.4 Å². The van der Waals surface area contributed by atoms with Gasteiger partial charge in [-0.05, 0) is 55.3 Å². The van der Waals surface area contributed by atoms with E-state index >= 15 is 0 Å². The number of anilines is 2. The Balaban J connectivity index is 1.75. The molecular formula is C20H26N4O7S2. The predicted molar refractivity (Wildman–Crippen MR) is 123 cm³/mol. The molecule has 33 heavy (non-hydrogen) atoms. The SMILES string of the molecule is COc1ccc(NS(=O)(=O)c2cc(NC(=O)C3CCN(S(N)(=O)=O)CC3)ccc2OC)cc1. The molecule has 180 valence electrons. The Hall–Kier alpha value is -2.87. The van der Waals surface area contributed by atoms with E-state index in [4.69, 9.17) is 14.6 Å². The van der Waals surface area contributed by atoms with Crippen molar-refractivity contribution in [3.05, 3.63) is 42.5 Å². The monoisotopic (exact) mass is 498 g/mol. The number of methoxy groups -OCH3 is 2. The van der Waals surface area contributed by atoms with E-state index in [9.17, 15) is 21.6 Å². The summed E-state index contributed by atoms with van der Waals surface area (Å²) in [7, 11) is -4.97. The third-order valence-corrected chi connectivity index (χ3v) is 7.73. The lowest BCUT2D eigenvalue weighted by molar-refractivity contribution is -0.120. The molecule has 1 heterocycles. The molecule has 1 saturated heterocycles. The van der Waals surface area contributed by atoms with Crippen LogP contribution in [0.3, 0.4) is 0 Å². The Morgan fingerprint density at radius 1 is 0.970 bits per heavy atom. The van der Waals surface area contributed by atoms with Crippen molar-refractivity contribution in [2.24, 2.45) is 11.1 Å². The number of nitrogens with zero attached hydrogens (tertiary/aromatic N) is 1. The minimum Gasteiger partial charge on any atom is -0.497 e. The number of sulfonamides is 1. The zero-order chi connectivity index (χ0) is 24.2. The van der Waals surface area contributed by atoms with E-state index < -0.39 is 26.2 Å². The van der Waals surface area contributed by atoms with Gasteiger partial charge in [0.05, 0.1) is 14.2 Å². The lowest BCUT2D eigenvalue weighted by Crippen LogP contribution is -2.44. The average molecular weight is 499 g/mol. The molecule has 0 aromatic heterocycles. The van der Waals surface area contributed by atoms with Crippen molar-refractivity contribution in [2.75, 3.05) is 37.3 Å². The molecule has 0 radical (unpaired) electrons. The van der Waals surface area contributed by atoms with Crippen molar-refractivity contribution in [3.63, 3.8) is 0 Å². The summed E-state index contributed by atoms with van der Waals surface area (Å²) in [6.07, 6.45) is 0.616. The molecule has 0 saturated carbocycles. The first-order chi connectivity index (χ1) is 15.5. The van der Waals surface area contributed by atoms with Crippen LogP contribution in [0.1, 0.15) is 12.8 Å². The molecule has 3 rings (SSSR count). The third kappa shape index (κ3) is 6.13. The minimum absolute atomic E-state index is 0.107. The molecule has 4 N–H and O–H groups in total. The molecule has 0 bridgehead atoms. The Morgan fingerprint density at radius 3 is 2.12 bits per heavy atom. The van der Waals surface area contributed by atoms with Crippen LogP contribution in [-0.2, 0) is 25.0 Å². The maximum Gasteiger partial charge on any atom is 0.276 e. The molecule has 0 unspecified atom stereocenters. The first-order valence-electron chi connectivity index (χ1n) is 9.97. The summed E-state index contributed by atoms with van der Waals surface area (Å²) in [6, 6.07) is 10.6. The van der Waals surface area contributed by atoms with Gasteiger partial charge in [-0.2, -0.15) is 12.7 Å². The first-order valence-corrected chi connectivity index (χ1v) is 13.0. The number of rotatable bonds is 8. The summed E-state index contributed by atoms with van der Waals surface area (Å²) in [5.74, 6) is -0.0751. The number of benzene rings is 2. The third-order valence-electron chi connectivity index (χ3n) is 5.25. The highest BCUT2D eigenvalue weighted by Crippen LogP contribution is 2.30. The molecule has 1 amide bonds. The highest BCUT2D eigenvalue weighted by atomic mass is 32.2. The van der Waals surface area contributed by atoms with E-state index in [2.05, 4.69) is 10.0 Å². The van der Waals surface area contributed by atoms with Crippen molar-refractivity contribution < 1.29 is 31.1 Å². The summed E-state index contributed by atoms with van der Waals surface area (Å²) in [5, 5.41) is 7.83. The summed E-state index contributed by atoms with van der Waals surface area (Å²) >= 11 is 0. The van der Waals surface area contributed by atoms with Gasteiger partial charge in [0.1, 0.15) is 16.4 Å². The topological polar surface area (TPSA) is 157 Å². The van der Waals surface area contributed by atoms with Gasteiger partial charge in [-0.25, -0.2) is 13.6 Å². The minimum atomic E-state index is -4.04. The van der Waals surface area contributed by atoms with Gasteiger partial charge in [0.15, 0.2) is 0 Å². The molecule has 1 aliphatic heterocycles. The molecule has 2 aromatic carbocycles. The van der Waals surface area contributed by atoms with Crippen molar-refractivity contribution in [3.8, 4) is 11.5 Å². The van der Waals surface area contributed by atoms with Crippen LogP contribution >= 0.6 is 0 Å². The Morgan fingerprint density at radius 2 is 1.58 bits per heavy atom. The van der Waals surface area contributed by atoms with Gasteiger partial charge in [-0.15, -0.1) is 0 Å². The summed E-state index contributed by atoms with van der Waals surface area (Å²) in [6.45, 7) is 0.288.